The molecule has 12 heavy (non-hydrogen) atoms. The van der Waals surface area contributed by atoms with Gasteiger partial charge in [0.25, 0.3) is 0 Å². The van der Waals surface area contributed by atoms with Gasteiger partial charge in [-0.25, -0.2) is 0 Å². The molecular weight excluding hydrogens is 146 g/mol. The van der Waals surface area contributed by atoms with E-state index in [2.05, 4.69) is 31.8 Å². The summed E-state index contributed by atoms with van der Waals surface area (Å²) in [6.07, 6.45) is 6.29. The Labute approximate surface area is 74.8 Å². The van der Waals surface area contributed by atoms with E-state index in [9.17, 15) is 0 Å². The Morgan fingerprint density at radius 3 is 2.50 bits per heavy atom. The molecule has 1 aromatic rings. The van der Waals surface area contributed by atoms with Gasteiger partial charge in [0.1, 0.15) is 0 Å². The lowest BCUT2D eigenvalue weighted by Gasteiger charge is -2.14. The number of aromatic nitrogens is 1. The highest BCUT2D eigenvalue weighted by Gasteiger charge is 2.08. The number of aryl methyl sites for hydroxylation is 1. The van der Waals surface area contributed by atoms with E-state index in [1.165, 1.54) is 24.0 Å². The molecule has 0 radical (unpaired) electrons. The van der Waals surface area contributed by atoms with E-state index in [-0.39, 0.29) is 0 Å². The normalized spacial score (nSPS) is 10.7. The van der Waals surface area contributed by atoms with Crippen LogP contribution in [0.25, 0.3) is 0 Å². The van der Waals surface area contributed by atoms with Crippen LogP contribution in [0.15, 0.2) is 18.5 Å². The largest absolute Gasteiger partial charge is 0.264 e. The lowest BCUT2D eigenvalue weighted by atomic mass is 9.92. The second kappa shape index (κ2) is 4.24. The third-order valence-electron chi connectivity index (χ3n) is 2.50. The summed E-state index contributed by atoms with van der Waals surface area (Å²) in [4.78, 5) is 4.16. The molecule has 1 aromatic heterocycles. The number of nitrogens with zero attached hydrogens (tertiary/aromatic N) is 1. The Hall–Kier alpha value is -0.850. The fourth-order valence-electron chi connectivity index (χ4n) is 1.63. The van der Waals surface area contributed by atoms with Gasteiger partial charge in [0.2, 0.25) is 0 Å². The Balaban J connectivity index is 2.92. The van der Waals surface area contributed by atoms with E-state index in [0.717, 1.165) is 0 Å². The molecule has 1 heteroatoms. The lowest BCUT2D eigenvalue weighted by Crippen LogP contribution is -1.98. The van der Waals surface area contributed by atoms with Crippen molar-refractivity contribution in [2.75, 3.05) is 0 Å². The molecule has 0 N–H and O–H groups in total. The van der Waals surface area contributed by atoms with Crippen molar-refractivity contribution in [2.45, 2.75) is 39.5 Å². The molecule has 1 heterocycles. The number of hydrogen-bond acceptors (Lipinski definition) is 1. The molecule has 0 fully saturated rings. The molecule has 1 nitrogen and oxygen atoms in total. The second-order valence-electron chi connectivity index (χ2n) is 3.25. The van der Waals surface area contributed by atoms with Crippen LogP contribution in [-0.4, -0.2) is 4.98 Å². The minimum Gasteiger partial charge on any atom is -0.264 e. The minimum atomic E-state index is 0.693. The molecule has 0 aliphatic heterocycles. The molecule has 0 spiro atoms. The lowest BCUT2D eigenvalue weighted by molar-refractivity contribution is 0.635. The highest BCUT2D eigenvalue weighted by Crippen LogP contribution is 2.24. The molecule has 0 bridgehead atoms. The highest BCUT2D eigenvalue weighted by atomic mass is 14.6. The van der Waals surface area contributed by atoms with Crippen molar-refractivity contribution >= 4 is 0 Å². The van der Waals surface area contributed by atoms with Crippen LogP contribution in [0.2, 0.25) is 0 Å². The van der Waals surface area contributed by atoms with Gasteiger partial charge in [0.05, 0.1) is 0 Å². The quantitative estimate of drug-likeness (QED) is 0.666. The highest BCUT2D eigenvalue weighted by molar-refractivity contribution is 5.25. The van der Waals surface area contributed by atoms with Crippen LogP contribution in [0.3, 0.4) is 0 Å². The number of rotatable bonds is 3. The molecule has 0 amide bonds. The molecule has 1 rings (SSSR count). The maximum absolute atomic E-state index is 4.16. The van der Waals surface area contributed by atoms with Gasteiger partial charge < -0.3 is 0 Å². The summed E-state index contributed by atoms with van der Waals surface area (Å²) in [5.74, 6) is 0.693. The van der Waals surface area contributed by atoms with Gasteiger partial charge in [0.15, 0.2) is 0 Å². The minimum absolute atomic E-state index is 0.693. The zero-order valence-electron chi connectivity index (χ0n) is 8.17. The Morgan fingerprint density at radius 1 is 1.33 bits per heavy atom. The van der Waals surface area contributed by atoms with Crippen molar-refractivity contribution in [2.24, 2.45) is 0 Å². The zero-order chi connectivity index (χ0) is 8.97. The summed E-state index contributed by atoms with van der Waals surface area (Å²) in [7, 11) is 0. The predicted octanol–water partition coefficient (Wildman–Crippen LogP) is 3.29. The smallest absolute Gasteiger partial charge is 0.0305 e. The van der Waals surface area contributed by atoms with Gasteiger partial charge in [-0.15, -0.1) is 0 Å². The Bertz CT molecular complexity index is 239. The Morgan fingerprint density at radius 2 is 2.00 bits per heavy atom. The average molecular weight is 163 g/mol. The summed E-state index contributed by atoms with van der Waals surface area (Å²) in [6, 6.07) is 2.09. The van der Waals surface area contributed by atoms with E-state index in [1.54, 1.807) is 0 Å². The maximum atomic E-state index is 4.16. The third-order valence-corrected chi connectivity index (χ3v) is 2.50. The van der Waals surface area contributed by atoms with Crippen LogP contribution in [0.5, 0.6) is 0 Å². The topological polar surface area (TPSA) is 12.9 Å². The van der Waals surface area contributed by atoms with Crippen molar-refractivity contribution in [1.29, 1.82) is 0 Å². The van der Waals surface area contributed by atoms with Gasteiger partial charge in [0, 0.05) is 12.4 Å². The van der Waals surface area contributed by atoms with Crippen LogP contribution in [0.4, 0.5) is 0 Å². The summed E-state index contributed by atoms with van der Waals surface area (Å²) < 4.78 is 0. The van der Waals surface area contributed by atoms with Gasteiger partial charge >= 0.3 is 0 Å². The summed E-state index contributed by atoms with van der Waals surface area (Å²) in [5, 5.41) is 0. The molecule has 66 valence electrons. The zero-order valence-corrected chi connectivity index (χ0v) is 8.17. The molecule has 0 saturated carbocycles. The predicted molar refractivity (Wildman–Crippen MR) is 52.3 cm³/mol. The SMILES string of the molecule is CCC(CC)c1cnccc1C. The summed E-state index contributed by atoms with van der Waals surface area (Å²) >= 11 is 0. The van der Waals surface area contributed by atoms with Crippen molar-refractivity contribution in [1.82, 2.24) is 4.98 Å². The monoisotopic (exact) mass is 163 g/mol. The molecule has 0 aliphatic rings. The maximum Gasteiger partial charge on any atom is 0.0305 e. The second-order valence-corrected chi connectivity index (χ2v) is 3.25. The summed E-state index contributed by atoms with van der Waals surface area (Å²) in [5.41, 5.74) is 2.79. The van der Waals surface area contributed by atoms with Crippen molar-refractivity contribution in [3.05, 3.63) is 29.6 Å². The van der Waals surface area contributed by atoms with Crippen molar-refractivity contribution in [3.63, 3.8) is 0 Å². The molecule has 0 aromatic carbocycles. The first-order valence-corrected chi connectivity index (χ1v) is 4.70. The number of hydrogen-bond donors (Lipinski definition) is 0. The van der Waals surface area contributed by atoms with Crippen LogP contribution in [0.1, 0.15) is 43.7 Å². The van der Waals surface area contributed by atoms with Gasteiger partial charge in [-0.2, -0.15) is 0 Å². The van der Waals surface area contributed by atoms with Gasteiger partial charge in [-0.05, 0) is 42.9 Å². The molecule has 0 saturated heterocycles. The first-order valence-electron chi connectivity index (χ1n) is 4.70. The standard InChI is InChI=1S/C11H17N/c1-4-10(5-2)11-8-12-7-6-9(11)3/h6-8,10H,4-5H2,1-3H3. The molecule has 0 atom stereocenters. The third kappa shape index (κ3) is 1.84. The van der Waals surface area contributed by atoms with Crippen LogP contribution in [0, 0.1) is 6.92 Å². The summed E-state index contributed by atoms with van der Waals surface area (Å²) in [6.45, 7) is 6.64. The van der Waals surface area contributed by atoms with Crippen molar-refractivity contribution in [3.8, 4) is 0 Å². The van der Waals surface area contributed by atoms with E-state index >= 15 is 0 Å². The van der Waals surface area contributed by atoms with Gasteiger partial charge in [-0.3, -0.25) is 4.98 Å². The first-order chi connectivity index (χ1) is 5.79. The molecular formula is C11H17N. The van der Waals surface area contributed by atoms with E-state index in [4.69, 9.17) is 0 Å². The van der Waals surface area contributed by atoms with E-state index < -0.39 is 0 Å². The fraction of sp³-hybridized carbons (Fsp3) is 0.545. The van der Waals surface area contributed by atoms with Crippen molar-refractivity contribution < 1.29 is 0 Å². The first kappa shape index (κ1) is 9.24. The molecule has 0 unspecified atom stereocenters. The van der Waals surface area contributed by atoms with Crippen LogP contribution >= 0.6 is 0 Å². The van der Waals surface area contributed by atoms with Crippen LogP contribution < -0.4 is 0 Å². The number of pyridine rings is 1. The van der Waals surface area contributed by atoms with Gasteiger partial charge in [-0.1, -0.05) is 13.8 Å². The van der Waals surface area contributed by atoms with E-state index in [1.807, 2.05) is 12.4 Å². The Kier molecular flexibility index (Phi) is 3.27. The molecule has 0 aliphatic carbocycles. The fourth-order valence-corrected chi connectivity index (χ4v) is 1.63. The average Bonchev–Trinajstić information content (AvgIpc) is 2.10. The van der Waals surface area contributed by atoms with E-state index in [0.29, 0.717) is 5.92 Å². The van der Waals surface area contributed by atoms with Crippen LogP contribution in [-0.2, 0) is 0 Å².